The minimum atomic E-state index is 0.540. The normalized spacial score (nSPS) is 11.0. The fourth-order valence-corrected chi connectivity index (χ4v) is 2.80. The smallest absolute Gasteiger partial charge is 0.237 e. The van der Waals surface area contributed by atoms with Crippen molar-refractivity contribution >= 4 is 11.8 Å². The molecule has 1 aromatic carbocycles. The topological polar surface area (TPSA) is 82.5 Å². The van der Waals surface area contributed by atoms with E-state index >= 15 is 0 Å². The van der Waals surface area contributed by atoms with Crippen LogP contribution in [0.25, 0.3) is 5.69 Å². The quantitative estimate of drug-likeness (QED) is 0.669. The molecule has 0 spiro atoms. The van der Waals surface area contributed by atoms with Gasteiger partial charge in [-0.25, -0.2) is 0 Å². The second-order valence-electron chi connectivity index (χ2n) is 4.91. The van der Waals surface area contributed by atoms with Crippen LogP contribution in [0.4, 0.5) is 0 Å². The van der Waals surface area contributed by atoms with Crippen LogP contribution in [0, 0.1) is 13.8 Å². The van der Waals surface area contributed by atoms with Gasteiger partial charge in [-0.15, -0.1) is 5.10 Å². The number of tetrazole rings is 1. The molecule has 0 unspecified atom stereocenters. The lowest BCUT2D eigenvalue weighted by atomic mass is 10.1. The van der Waals surface area contributed by atoms with Crippen LogP contribution in [0.3, 0.4) is 0 Å². The number of rotatable bonds is 5. The third kappa shape index (κ3) is 3.01. The molecule has 3 rings (SSSR count). The maximum absolute atomic E-state index is 5.18. The van der Waals surface area contributed by atoms with Gasteiger partial charge in [-0.05, 0) is 35.9 Å². The average Bonchev–Trinajstić information content (AvgIpc) is 3.14. The standard InChI is InChI=1S/C14H16N6OS/c1-4-12-15-13(21-17-12)8-22-14-16-18-19-20(14)11-6-5-9(2)7-10(11)3/h5-7H,4,8H2,1-3H3. The zero-order chi connectivity index (χ0) is 15.5. The lowest BCUT2D eigenvalue weighted by Crippen LogP contribution is -2.02. The highest BCUT2D eigenvalue weighted by Crippen LogP contribution is 2.23. The molecule has 0 bridgehead atoms. The van der Waals surface area contributed by atoms with Crippen molar-refractivity contribution in [3.05, 3.63) is 41.0 Å². The second-order valence-corrected chi connectivity index (χ2v) is 5.85. The fourth-order valence-electron chi connectivity index (χ4n) is 2.08. The van der Waals surface area contributed by atoms with Crippen molar-refractivity contribution in [2.45, 2.75) is 38.1 Å². The van der Waals surface area contributed by atoms with Crippen LogP contribution in [0.2, 0.25) is 0 Å². The van der Waals surface area contributed by atoms with Crippen molar-refractivity contribution in [3.63, 3.8) is 0 Å². The molecule has 0 aliphatic rings. The molecule has 3 aromatic rings. The van der Waals surface area contributed by atoms with Crippen LogP contribution < -0.4 is 0 Å². The molecule has 114 valence electrons. The molecule has 2 heterocycles. The number of aromatic nitrogens is 6. The van der Waals surface area contributed by atoms with Gasteiger partial charge in [-0.1, -0.05) is 41.5 Å². The monoisotopic (exact) mass is 316 g/mol. The maximum atomic E-state index is 5.18. The molecule has 0 atom stereocenters. The van der Waals surface area contributed by atoms with E-state index in [9.17, 15) is 0 Å². The summed E-state index contributed by atoms with van der Waals surface area (Å²) in [5.74, 6) is 1.83. The van der Waals surface area contributed by atoms with Crippen molar-refractivity contribution < 1.29 is 4.52 Å². The van der Waals surface area contributed by atoms with E-state index in [4.69, 9.17) is 4.52 Å². The highest BCUT2D eigenvalue weighted by molar-refractivity contribution is 7.98. The van der Waals surface area contributed by atoms with E-state index in [-0.39, 0.29) is 0 Å². The lowest BCUT2D eigenvalue weighted by molar-refractivity contribution is 0.385. The zero-order valence-electron chi connectivity index (χ0n) is 12.6. The van der Waals surface area contributed by atoms with Gasteiger partial charge in [0.15, 0.2) is 5.82 Å². The molecule has 0 saturated carbocycles. The molecule has 0 aliphatic heterocycles. The molecule has 0 saturated heterocycles. The minimum Gasteiger partial charge on any atom is -0.338 e. The second kappa shape index (κ2) is 6.27. The van der Waals surface area contributed by atoms with Gasteiger partial charge in [-0.3, -0.25) is 0 Å². The molecule has 0 fully saturated rings. The number of benzene rings is 1. The largest absolute Gasteiger partial charge is 0.338 e. The summed E-state index contributed by atoms with van der Waals surface area (Å²) in [6.45, 7) is 6.10. The van der Waals surface area contributed by atoms with Crippen molar-refractivity contribution in [3.8, 4) is 5.69 Å². The number of thioether (sulfide) groups is 1. The Labute approximate surface area is 132 Å². The fraction of sp³-hybridized carbons (Fsp3) is 0.357. The summed E-state index contributed by atoms with van der Waals surface area (Å²) in [4.78, 5) is 4.28. The van der Waals surface area contributed by atoms with Gasteiger partial charge in [-0.2, -0.15) is 9.67 Å². The molecule has 0 N–H and O–H groups in total. The zero-order valence-corrected chi connectivity index (χ0v) is 13.5. The molecule has 2 aromatic heterocycles. The molecule has 8 heteroatoms. The number of aryl methyl sites for hydroxylation is 3. The van der Waals surface area contributed by atoms with E-state index in [0.29, 0.717) is 22.6 Å². The predicted molar refractivity (Wildman–Crippen MR) is 81.9 cm³/mol. The van der Waals surface area contributed by atoms with Crippen LogP contribution in [-0.4, -0.2) is 30.3 Å². The Morgan fingerprint density at radius 1 is 1.27 bits per heavy atom. The van der Waals surface area contributed by atoms with Crippen molar-refractivity contribution in [1.29, 1.82) is 0 Å². The van der Waals surface area contributed by atoms with Gasteiger partial charge >= 0.3 is 0 Å². The van der Waals surface area contributed by atoms with Crippen molar-refractivity contribution in [2.75, 3.05) is 0 Å². The van der Waals surface area contributed by atoms with Crippen LogP contribution in [0.5, 0.6) is 0 Å². The summed E-state index contributed by atoms with van der Waals surface area (Å²) < 4.78 is 6.91. The number of nitrogens with zero attached hydrogens (tertiary/aromatic N) is 6. The first kappa shape index (κ1) is 14.7. The lowest BCUT2D eigenvalue weighted by Gasteiger charge is -2.07. The molecule has 0 radical (unpaired) electrons. The molecular formula is C14H16N6OS. The summed E-state index contributed by atoms with van der Waals surface area (Å²) in [5.41, 5.74) is 3.31. The van der Waals surface area contributed by atoms with E-state index < -0.39 is 0 Å². The first-order valence-corrected chi connectivity index (χ1v) is 7.96. The first-order valence-electron chi connectivity index (χ1n) is 6.97. The van der Waals surface area contributed by atoms with Crippen molar-refractivity contribution in [2.24, 2.45) is 0 Å². The van der Waals surface area contributed by atoms with Crippen LogP contribution in [0.15, 0.2) is 27.9 Å². The Bertz CT molecular complexity index is 781. The Morgan fingerprint density at radius 3 is 2.86 bits per heavy atom. The Hall–Kier alpha value is -2.22. The van der Waals surface area contributed by atoms with Gasteiger partial charge in [0, 0.05) is 6.42 Å². The molecule has 22 heavy (non-hydrogen) atoms. The van der Waals surface area contributed by atoms with Gasteiger partial charge in [0.05, 0.1) is 11.4 Å². The van der Waals surface area contributed by atoms with E-state index in [1.165, 1.54) is 17.3 Å². The van der Waals surface area contributed by atoms with Gasteiger partial charge in [0.2, 0.25) is 11.0 Å². The third-order valence-electron chi connectivity index (χ3n) is 3.17. The summed E-state index contributed by atoms with van der Waals surface area (Å²) >= 11 is 1.47. The van der Waals surface area contributed by atoms with E-state index in [2.05, 4.69) is 38.7 Å². The number of hydrogen-bond acceptors (Lipinski definition) is 7. The van der Waals surface area contributed by atoms with E-state index in [1.807, 2.05) is 26.0 Å². The molecule has 0 amide bonds. The minimum absolute atomic E-state index is 0.540. The highest BCUT2D eigenvalue weighted by atomic mass is 32.2. The summed E-state index contributed by atoms with van der Waals surface area (Å²) in [5, 5.41) is 16.5. The van der Waals surface area contributed by atoms with Crippen LogP contribution in [-0.2, 0) is 12.2 Å². The molecule has 7 nitrogen and oxygen atoms in total. The Morgan fingerprint density at radius 2 is 2.14 bits per heavy atom. The van der Waals surface area contributed by atoms with E-state index in [0.717, 1.165) is 17.7 Å². The highest BCUT2D eigenvalue weighted by Gasteiger charge is 2.13. The SMILES string of the molecule is CCc1noc(CSc2nnnn2-c2ccc(C)cc2C)n1. The van der Waals surface area contributed by atoms with E-state index in [1.54, 1.807) is 4.68 Å². The third-order valence-corrected chi connectivity index (χ3v) is 4.08. The Kier molecular flexibility index (Phi) is 4.19. The molecule has 0 aliphatic carbocycles. The first-order chi connectivity index (χ1) is 10.7. The average molecular weight is 316 g/mol. The van der Waals surface area contributed by atoms with Crippen LogP contribution in [0.1, 0.15) is 29.8 Å². The maximum Gasteiger partial charge on any atom is 0.237 e. The van der Waals surface area contributed by atoms with Crippen LogP contribution >= 0.6 is 11.8 Å². The summed E-state index contributed by atoms with van der Waals surface area (Å²) in [7, 11) is 0. The van der Waals surface area contributed by atoms with Crippen molar-refractivity contribution in [1.82, 2.24) is 30.3 Å². The Balaban J connectivity index is 1.80. The number of hydrogen-bond donors (Lipinski definition) is 0. The predicted octanol–water partition coefficient (Wildman–Crippen LogP) is 2.52. The molecular weight excluding hydrogens is 300 g/mol. The van der Waals surface area contributed by atoms with Gasteiger partial charge < -0.3 is 4.52 Å². The van der Waals surface area contributed by atoms with Gasteiger partial charge in [0.1, 0.15) is 0 Å². The van der Waals surface area contributed by atoms with Gasteiger partial charge in [0.25, 0.3) is 0 Å². The summed E-state index contributed by atoms with van der Waals surface area (Å²) in [6.07, 6.45) is 0.758. The summed E-state index contributed by atoms with van der Waals surface area (Å²) in [6, 6.07) is 6.17.